The van der Waals surface area contributed by atoms with E-state index in [1.807, 2.05) is 35.9 Å². The van der Waals surface area contributed by atoms with Crippen molar-refractivity contribution in [2.24, 2.45) is 7.05 Å². The highest BCUT2D eigenvalue weighted by atomic mass is 16.5. The molecule has 6 nitrogen and oxygen atoms in total. The van der Waals surface area contributed by atoms with Crippen LogP contribution in [0.3, 0.4) is 0 Å². The van der Waals surface area contributed by atoms with E-state index in [1.165, 1.54) is 0 Å². The van der Waals surface area contributed by atoms with Crippen LogP contribution in [0.25, 0.3) is 11.0 Å². The van der Waals surface area contributed by atoms with E-state index in [-0.39, 0.29) is 0 Å². The fourth-order valence-corrected chi connectivity index (χ4v) is 2.13. The highest BCUT2D eigenvalue weighted by molar-refractivity contribution is 5.85. The number of nitrogens with two attached hydrogens (primary N) is 1. The first-order valence-corrected chi connectivity index (χ1v) is 6.72. The van der Waals surface area contributed by atoms with Crippen molar-refractivity contribution in [2.45, 2.75) is 0 Å². The molecule has 2 heterocycles. The van der Waals surface area contributed by atoms with E-state index in [0.29, 0.717) is 18.8 Å². The minimum absolute atomic E-state index is 0.522. The quantitative estimate of drug-likeness (QED) is 0.553. The normalized spacial score (nSPS) is 10.7. The van der Waals surface area contributed by atoms with Gasteiger partial charge in [-0.05, 0) is 18.2 Å². The second-order valence-corrected chi connectivity index (χ2v) is 4.73. The van der Waals surface area contributed by atoms with Crippen LogP contribution in [0, 0.1) is 0 Å². The van der Waals surface area contributed by atoms with Crippen molar-refractivity contribution >= 4 is 22.5 Å². The Hall–Kier alpha value is -2.76. The van der Waals surface area contributed by atoms with Crippen molar-refractivity contribution < 1.29 is 4.74 Å². The van der Waals surface area contributed by atoms with Crippen molar-refractivity contribution in [3.05, 3.63) is 42.9 Å². The lowest BCUT2D eigenvalue weighted by molar-refractivity contribution is 0.333. The van der Waals surface area contributed by atoms with Gasteiger partial charge in [0.15, 0.2) is 5.82 Å². The predicted molar refractivity (Wildman–Crippen MR) is 83.3 cm³/mol. The molecule has 6 heteroatoms. The number of nitrogens with zero attached hydrogens (tertiary/aromatic N) is 3. The Labute approximate surface area is 122 Å². The van der Waals surface area contributed by atoms with Crippen LogP contribution >= 0.6 is 0 Å². The summed E-state index contributed by atoms with van der Waals surface area (Å²) in [6.45, 7) is 1.16. The molecule has 3 N–H and O–H groups in total. The zero-order valence-electron chi connectivity index (χ0n) is 11.8. The molecule has 0 saturated carbocycles. The van der Waals surface area contributed by atoms with Gasteiger partial charge in [-0.15, -0.1) is 0 Å². The van der Waals surface area contributed by atoms with Gasteiger partial charge in [-0.2, -0.15) is 0 Å². The molecule has 1 aromatic carbocycles. The Bertz CT molecular complexity index is 753. The van der Waals surface area contributed by atoms with Gasteiger partial charge < -0.3 is 20.4 Å². The van der Waals surface area contributed by atoms with Crippen LogP contribution in [-0.2, 0) is 7.05 Å². The number of nitrogens with one attached hydrogen (secondary N) is 1. The number of ether oxygens (including phenoxy) is 1. The molecule has 0 amide bonds. The van der Waals surface area contributed by atoms with Gasteiger partial charge in [0.25, 0.3) is 0 Å². The van der Waals surface area contributed by atoms with Gasteiger partial charge >= 0.3 is 0 Å². The smallest absolute Gasteiger partial charge is 0.154 e. The Morgan fingerprint density at radius 1 is 1.29 bits per heavy atom. The molecule has 21 heavy (non-hydrogen) atoms. The summed E-state index contributed by atoms with van der Waals surface area (Å²) in [6, 6.07) is 9.33. The standard InChI is InChI=1S/C15H17N5O/c1-20-10-19-14-13(20)5-6-17-15(14)18-7-8-21-12-4-2-3-11(16)9-12/h2-6,9-10H,7-8,16H2,1H3,(H,17,18). The van der Waals surface area contributed by atoms with Crippen molar-refractivity contribution in [1.29, 1.82) is 0 Å². The van der Waals surface area contributed by atoms with E-state index in [4.69, 9.17) is 10.5 Å². The Kier molecular flexibility index (Phi) is 3.59. The van der Waals surface area contributed by atoms with Crippen molar-refractivity contribution in [1.82, 2.24) is 14.5 Å². The molecule has 2 aromatic heterocycles. The molecule has 3 rings (SSSR count). The first kappa shape index (κ1) is 13.2. The third kappa shape index (κ3) is 2.89. The number of aromatic nitrogens is 3. The van der Waals surface area contributed by atoms with E-state index in [2.05, 4.69) is 15.3 Å². The van der Waals surface area contributed by atoms with E-state index in [1.54, 1.807) is 18.6 Å². The Morgan fingerprint density at radius 3 is 3.05 bits per heavy atom. The molecular weight excluding hydrogens is 266 g/mol. The highest BCUT2D eigenvalue weighted by Crippen LogP contribution is 2.18. The first-order valence-electron chi connectivity index (χ1n) is 6.72. The average molecular weight is 283 g/mol. The number of aryl methyl sites for hydroxylation is 1. The molecule has 0 fully saturated rings. The number of pyridine rings is 1. The molecule has 0 spiro atoms. The summed E-state index contributed by atoms with van der Waals surface area (Å²) >= 11 is 0. The van der Waals surface area contributed by atoms with Gasteiger partial charge in [0.05, 0.1) is 18.4 Å². The fourth-order valence-electron chi connectivity index (χ4n) is 2.13. The topological polar surface area (TPSA) is 78.0 Å². The van der Waals surface area contributed by atoms with E-state index < -0.39 is 0 Å². The summed E-state index contributed by atoms with van der Waals surface area (Å²) in [6.07, 6.45) is 3.55. The summed E-state index contributed by atoms with van der Waals surface area (Å²) in [5.41, 5.74) is 8.31. The van der Waals surface area contributed by atoms with Crippen LogP contribution in [0.4, 0.5) is 11.5 Å². The predicted octanol–water partition coefficient (Wildman–Crippen LogP) is 2.04. The van der Waals surface area contributed by atoms with Crippen LogP contribution in [-0.4, -0.2) is 27.7 Å². The van der Waals surface area contributed by atoms with Crippen molar-refractivity contribution in [3.63, 3.8) is 0 Å². The molecule has 0 aliphatic heterocycles. The summed E-state index contributed by atoms with van der Waals surface area (Å²) in [7, 11) is 1.96. The number of hydrogen-bond donors (Lipinski definition) is 2. The lowest BCUT2D eigenvalue weighted by Gasteiger charge is -2.09. The Morgan fingerprint density at radius 2 is 2.19 bits per heavy atom. The summed E-state index contributed by atoms with van der Waals surface area (Å²) < 4.78 is 7.59. The molecule has 0 atom stereocenters. The SMILES string of the molecule is Cn1cnc2c(NCCOc3cccc(N)c3)nccc21. The van der Waals surface area contributed by atoms with Gasteiger partial charge in [-0.1, -0.05) is 6.07 Å². The second-order valence-electron chi connectivity index (χ2n) is 4.73. The lowest BCUT2D eigenvalue weighted by Crippen LogP contribution is -2.12. The highest BCUT2D eigenvalue weighted by Gasteiger charge is 2.06. The number of fused-ring (bicyclic) bond motifs is 1. The van der Waals surface area contributed by atoms with Gasteiger partial charge in [-0.3, -0.25) is 0 Å². The van der Waals surface area contributed by atoms with Crippen LogP contribution in [0.5, 0.6) is 5.75 Å². The maximum absolute atomic E-state index is 5.70. The zero-order chi connectivity index (χ0) is 14.7. The van der Waals surface area contributed by atoms with Gasteiger partial charge in [-0.25, -0.2) is 9.97 Å². The summed E-state index contributed by atoms with van der Waals surface area (Å²) in [4.78, 5) is 8.66. The number of rotatable bonds is 5. The van der Waals surface area contributed by atoms with Crippen LogP contribution in [0.2, 0.25) is 0 Å². The number of benzene rings is 1. The second kappa shape index (κ2) is 5.70. The lowest BCUT2D eigenvalue weighted by atomic mass is 10.3. The molecule has 0 bridgehead atoms. The van der Waals surface area contributed by atoms with Gasteiger partial charge in [0, 0.05) is 25.0 Å². The first-order chi connectivity index (χ1) is 10.2. The maximum atomic E-state index is 5.70. The van der Waals surface area contributed by atoms with Crippen LogP contribution in [0.1, 0.15) is 0 Å². The largest absolute Gasteiger partial charge is 0.492 e. The van der Waals surface area contributed by atoms with Crippen molar-refractivity contribution in [2.75, 3.05) is 24.2 Å². The van der Waals surface area contributed by atoms with Gasteiger partial charge in [0.1, 0.15) is 17.9 Å². The molecule has 3 aromatic rings. The third-order valence-corrected chi connectivity index (χ3v) is 3.16. The molecule has 0 radical (unpaired) electrons. The average Bonchev–Trinajstić information content (AvgIpc) is 2.86. The molecule has 0 aliphatic carbocycles. The van der Waals surface area contributed by atoms with E-state index >= 15 is 0 Å². The Balaban J connectivity index is 1.60. The maximum Gasteiger partial charge on any atom is 0.154 e. The molecule has 0 unspecified atom stereocenters. The molecule has 0 aliphatic rings. The number of imidazole rings is 1. The molecular formula is C15H17N5O. The number of anilines is 2. The minimum Gasteiger partial charge on any atom is -0.492 e. The van der Waals surface area contributed by atoms with Gasteiger partial charge in [0.2, 0.25) is 0 Å². The third-order valence-electron chi connectivity index (χ3n) is 3.16. The fraction of sp³-hybridized carbons (Fsp3) is 0.200. The van der Waals surface area contributed by atoms with Crippen LogP contribution in [0.15, 0.2) is 42.9 Å². The number of nitrogen functional groups attached to an aromatic ring is 1. The molecule has 108 valence electrons. The van der Waals surface area contributed by atoms with E-state index in [0.717, 1.165) is 22.6 Å². The monoisotopic (exact) mass is 283 g/mol. The van der Waals surface area contributed by atoms with Crippen molar-refractivity contribution in [3.8, 4) is 5.75 Å². The zero-order valence-corrected chi connectivity index (χ0v) is 11.8. The molecule has 0 saturated heterocycles. The number of hydrogen-bond acceptors (Lipinski definition) is 5. The summed E-state index contributed by atoms with van der Waals surface area (Å²) in [5.74, 6) is 1.53. The minimum atomic E-state index is 0.522. The van der Waals surface area contributed by atoms with E-state index in [9.17, 15) is 0 Å². The summed E-state index contributed by atoms with van der Waals surface area (Å²) in [5, 5.41) is 3.24. The van der Waals surface area contributed by atoms with Crippen LogP contribution < -0.4 is 15.8 Å².